The van der Waals surface area contributed by atoms with Crippen molar-refractivity contribution in [1.29, 1.82) is 0 Å². The Kier molecular flexibility index (Phi) is 4.18. The standard InChI is InChI=1S/C15H13F4NO/c1-9-12(3-2-4-13(9)16)10-5-6-14(11(7-10)8-20)21-15(17,18)19/h2-7H,8,20H2,1H3. The van der Waals surface area contributed by atoms with Gasteiger partial charge in [0.1, 0.15) is 11.6 Å². The van der Waals surface area contributed by atoms with Crippen LogP contribution in [0.2, 0.25) is 0 Å². The number of ether oxygens (including phenoxy) is 1. The Bertz CT molecular complexity index is 653. The van der Waals surface area contributed by atoms with Gasteiger partial charge in [0.05, 0.1) is 0 Å². The van der Waals surface area contributed by atoms with E-state index in [1.165, 1.54) is 24.3 Å². The monoisotopic (exact) mass is 299 g/mol. The third-order valence-corrected chi connectivity index (χ3v) is 3.08. The van der Waals surface area contributed by atoms with Gasteiger partial charge in [-0.1, -0.05) is 18.2 Å². The van der Waals surface area contributed by atoms with Gasteiger partial charge in [0.2, 0.25) is 0 Å². The molecule has 0 aromatic heterocycles. The molecule has 21 heavy (non-hydrogen) atoms. The molecular weight excluding hydrogens is 286 g/mol. The first-order valence-corrected chi connectivity index (χ1v) is 6.16. The number of halogens is 4. The molecule has 6 heteroatoms. The fourth-order valence-corrected chi connectivity index (χ4v) is 2.05. The molecule has 0 aliphatic carbocycles. The molecule has 0 amide bonds. The number of alkyl halides is 3. The highest BCUT2D eigenvalue weighted by atomic mass is 19.4. The topological polar surface area (TPSA) is 35.2 Å². The van der Waals surface area contributed by atoms with Crippen molar-refractivity contribution in [3.8, 4) is 16.9 Å². The van der Waals surface area contributed by atoms with Crippen molar-refractivity contribution in [2.75, 3.05) is 0 Å². The molecule has 0 aliphatic rings. The second-order valence-electron chi connectivity index (χ2n) is 4.49. The molecule has 0 fully saturated rings. The minimum Gasteiger partial charge on any atom is -0.405 e. The van der Waals surface area contributed by atoms with Crippen molar-refractivity contribution >= 4 is 0 Å². The summed E-state index contributed by atoms with van der Waals surface area (Å²) >= 11 is 0. The number of benzene rings is 2. The third-order valence-electron chi connectivity index (χ3n) is 3.08. The highest BCUT2D eigenvalue weighted by molar-refractivity contribution is 5.69. The summed E-state index contributed by atoms with van der Waals surface area (Å²) in [4.78, 5) is 0. The van der Waals surface area contributed by atoms with Crippen LogP contribution in [0.1, 0.15) is 11.1 Å². The lowest BCUT2D eigenvalue weighted by atomic mass is 9.98. The number of nitrogens with two attached hydrogens (primary N) is 1. The van der Waals surface area contributed by atoms with Gasteiger partial charge < -0.3 is 10.5 Å². The van der Waals surface area contributed by atoms with E-state index in [1.54, 1.807) is 19.1 Å². The van der Waals surface area contributed by atoms with Crippen molar-refractivity contribution < 1.29 is 22.3 Å². The van der Waals surface area contributed by atoms with E-state index in [4.69, 9.17) is 5.73 Å². The van der Waals surface area contributed by atoms with Crippen LogP contribution in [0.25, 0.3) is 11.1 Å². The highest BCUT2D eigenvalue weighted by Crippen LogP contribution is 2.32. The SMILES string of the molecule is Cc1c(F)cccc1-c1ccc(OC(F)(F)F)c(CN)c1. The molecule has 112 valence electrons. The van der Waals surface area contributed by atoms with Gasteiger partial charge in [0, 0.05) is 12.1 Å². The van der Waals surface area contributed by atoms with E-state index in [9.17, 15) is 17.6 Å². The van der Waals surface area contributed by atoms with Crippen LogP contribution in [-0.4, -0.2) is 6.36 Å². The summed E-state index contributed by atoms with van der Waals surface area (Å²) in [7, 11) is 0. The Morgan fingerprint density at radius 1 is 1.14 bits per heavy atom. The second-order valence-corrected chi connectivity index (χ2v) is 4.49. The fourth-order valence-electron chi connectivity index (χ4n) is 2.05. The van der Waals surface area contributed by atoms with Crippen molar-refractivity contribution in [2.24, 2.45) is 5.73 Å². The van der Waals surface area contributed by atoms with E-state index < -0.39 is 6.36 Å². The van der Waals surface area contributed by atoms with Crippen LogP contribution in [0.4, 0.5) is 17.6 Å². The summed E-state index contributed by atoms with van der Waals surface area (Å²) in [6, 6.07) is 8.67. The van der Waals surface area contributed by atoms with Gasteiger partial charge in [-0.25, -0.2) is 4.39 Å². The van der Waals surface area contributed by atoms with Crippen molar-refractivity contribution in [2.45, 2.75) is 19.8 Å². The Balaban J connectivity index is 2.46. The molecule has 0 atom stereocenters. The lowest BCUT2D eigenvalue weighted by Gasteiger charge is -2.14. The normalized spacial score (nSPS) is 11.5. The van der Waals surface area contributed by atoms with E-state index in [2.05, 4.69) is 4.74 Å². The van der Waals surface area contributed by atoms with E-state index in [-0.39, 0.29) is 23.7 Å². The van der Waals surface area contributed by atoms with Gasteiger partial charge in [-0.3, -0.25) is 0 Å². The minimum atomic E-state index is -4.78. The van der Waals surface area contributed by atoms with E-state index >= 15 is 0 Å². The molecule has 0 heterocycles. The van der Waals surface area contributed by atoms with Crippen LogP contribution in [0.5, 0.6) is 5.75 Å². The zero-order chi connectivity index (χ0) is 15.6. The molecule has 0 spiro atoms. The summed E-state index contributed by atoms with van der Waals surface area (Å²) in [6.07, 6.45) is -4.78. The van der Waals surface area contributed by atoms with Crippen LogP contribution in [0.3, 0.4) is 0 Å². The molecule has 0 radical (unpaired) electrons. The first-order chi connectivity index (χ1) is 9.81. The molecule has 2 N–H and O–H groups in total. The smallest absolute Gasteiger partial charge is 0.405 e. The summed E-state index contributed by atoms with van der Waals surface area (Å²) in [5.41, 5.74) is 7.27. The Hall–Kier alpha value is -2.08. The van der Waals surface area contributed by atoms with E-state index in [0.29, 0.717) is 16.7 Å². The molecule has 0 saturated carbocycles. The quantitative estimate of drug-likeness (QED) is 0.864. The summed E-state index contributed by atoms with van der Waals surface area (Å²) in [5, 5.41) is 0. The summed E-state index contributed by atoms with van der Waals surface area (Å²) < 4.78 is 54.3. The zero-order valence-corrected chi connectivity index (χ0v) is 11.2. The molecule has 0 aliphatic heterocycles. The molecule has 2 aromatic carbocycles. The van der Waals surface area contributed by atoms with Crippen LogP contribution in [0, 0.1) is 12.7 Å². The predicted octanol–water partition coefficient (Wildman–Crippen LogP) is 4.16. The first-order valence-electron chi connectivity index (χ1n) is 6.16. The largest absolute Gasteiger partial charge is 0.573 e. The molecule has 0 bridgehead atoms. The number of hydrogen-bond donors (Lipinski definition) is 1. The van der Waals surface area contributed by atoms with E-state index in [1.807, 2.05) is 0 Å². The summed E-state index contributed by atoms with van der Waals surface area (Å²) in [6.45, 7) is 1.49. The van der Waals surface area contributed by atoms with Gasteiger partial charge in [-0.05, 0) is 41.8 Å². The van der Waals surface area contributed by atoms with Gasteiger partial charge in [-0.2, -0.15) is 0 Å². The maximum atomic E-state index is 13.6. The average molecular weight is 299 g/mol. The average Bonchev–Trinajstić information content (AvgIpc) is 2.41. The molecule has 2 nitrogen and oxygen atoms in total. The van der Waals surface area contributed by atoms with Gasteiger partial charge in [0.25, 0.3) is 0 Å². The van der Waals surface area contributed by atoms with E-state index in [0.717, 1.165) is 0 Å². The van der Waals surface area contributed by atoms with Crippen molar-refractivity contribution in [1.82, 2.24) is 0 Å². The van der Waals surface area contributed by atoms with Crippen LogP contribution in [-0.2, 0) is 6.54 Å². The van der Waals surface area contributed by atoms with Crippen molar-refractivity contribution in [3.05, 3.63) is 53.3 Å². The Morgan fingerprint density at radius 2 is 1.86 bits per heavy atom. The van der Waals surface area contributed by atoms with Crippen LogP contribution in [0.15, 0.2) is 36.4 Å². The molecular formula is C15H13F4NO. The molecule has 2 rings (SSSR count). The van der Waals surface area contributed by atoms with Gasteiger partial charge >= 0.3 is 6.36 Å². The zero-order valence-electron chi connectivity index (χ0n) is 11.2. The van der Waals surface area contributed by atoms with Crippen LogP contribution >= 0.6 is 0 Å². The maximum Gasteiger partial charge on any atom is 0.573 e. The minimum absolute atomic E-state index is 0.117. The lowest BCUT2D eigenvalue weighted by molar-refractivity contribution is -0.274. The van der Waals surface area contributed by atoms with Gasteiger partial charge in [-0.15, -0.1) is 13.2 Å². The lowest BCUT2D eigenvalue weighted by Crippen LogP contribution is -2.18. The maximum absolute atomic E-state index is 13.6. The highest BCUT2D eigenvalue weighted by Gasteiger charge is 2.32. The van der Waals surface area contributed by atoms with Crippen molar-refractivity contribution in [3.63, 3.8) is 0 Å². The number of rotatable bonds is 3. The predicted molar refractivity (Wildman–Crippen MR) is 71.1 cm³/mol. The fraction of sp³-hybridized carbons (Fsp3) is 0.200. The Morgan fingerprint density at radius 3 is 2.48 bits per heavy atom. The molecule has 0 saturated heterocycles. The second kappa shape index (κ2) is 5.73. The number of hydrogen-bond acceptors (Lipinski definition) is 2. The van der Waals surface area contributed by atoms with Crippen LogP contribution < -0.4 is 10.5 Å². The van der Waals surface area contributed by atoms with Gasteiger partial charge in [0.15, 0.2) is 0 Å². The molecule has 0 unspecified atom stereocenters. The first kappa shape index (κ1) is 15.3. The molecule has 2 aromatic rings. The summed E-state index contributed by atoms with van der Waals surface area (Å²) in [5.74, 6) is -0.722. The third kappa shape index (κ3) is 3.52. The Labute approximate surface area is 119 Å².